The van der Waals surface area contributed by atoms with E-state index in [1.165, 1.54) is 5.39 Å². The molecular weight excluding hydrogens is 384 g/mol. The molecule has 5 rings (SSSR count). The maximum atomic E-state index is 5.42. The SMILES string of the molecule is Cl.c1coc(CNc2nc(Nc3cccc4ccccc34)nc3ccccc23)c1. The lowest BCUT2D eigenvalue weighted by molar-refractivity contribution is 0.518. The molecule has 5 aromatic rings. The number of benzene rings is 3. The molecule has 0 spiro atoms. The first-order valence-corrected chi connectivity index (χ1v) is 9.15. The first-order chi connectivity index (χ1) is 13.9. The molecule has 0 saturated carbocycles. The number of nitrogens with one attached hydrogen (secondary N) is 2. The second kappa shape index (κ2) is 8.20. The highest BCUT2D eigenvalue weighted by atomic mass is 35.5. The maximum absolute atomic E-state index is 5.42. The van der Waals surface area contributed by atoms with Crippen molar-refractivity contribution in [2.45, 2.75) is 6.54 Å². The van der Waals surface area contributed by atoms with Gasteiger partial charge < -0.3 is 15.1 Å². The Balaban J connectivity index is 0.00000205. The summed E-state index contributed by atoms with van der Waals surface area (Å²) in [5.41, 5.74) is 1.85. The van der Waals surface area contributed by atoms with Crippen molar-refractivity contribution in [3.8, 4) is 0 Å². The van der Waals surface area contributed by atoms with Crippen LogP contribution in [0.1, 0.15) is 5.76 Å². The number of furan rings is 1. The van der Waals surface area contributed by atoms with Gasteiger partial charge in [0.2, 0.25) is 5.95 Å². The minimum Gasteiger partial charge on any atom is -0.467 e. The van der Waals surface area contributed by atoms with Crippen LogP contribution in [0.25, 0.3) is 21.7 Å². The van der Waals surface area contributed by atoms with Gasteiger partial charge in [0.25, 0.3) is 0 Å². The van der Waals surface area contributed by atoms with Gasteiger partial charge in [-0.3, -0.25) is 0 Å². The molecule has 0 aliphatic carbocycles. The van der Waals surface area contributed by atoms with Crippen molar-refractivity contribution in [3.63, 3.8) is 0 Å². The molecule has 2 aromatic heterocycles. The van der Waals surface area contributed by atoms with E-state index in [9.17, 15) is 0 Å². The Hall–Kier alpha value is -3.57. The van der Waals surface area contributed by atoms with Gasteiger partial charge in [0.05, 0.1) is 18.3 Å². The van der Waals surface area contributed by atoms with Gasteiger partial charge in [-0.05, 0) is 35.7 Å². The number of aromatic nitrogens is 2. The van der Waals surface area contributed by atoms with E-state index >= 15 is 0 Å². The molecule has 144 valence electrons. The van der Waals surface area contributed by atoms with Crippen LogP contribution < -0.4 is 10.6 Å². The highest BCUT2D eigenvalue weighted by Crippen LogP contribution is 2.28. The number of hydrogen-bond acceptors (Lipinski definition) is 5. The number of hydrogen-bond donors (Lipinski definition) is 2. The predicted octanol–water partition coefficient (Wildman–Crippen LogP) is 6.15. The van der Waals surface area contributed by atoms with Crippen LogP contribution in [-0.4, -0.2) is 9.97 Å². The molecule has 0 unspecified atom stereocenters. The van der Waals surface area contributed by atoms with Gasteiger partial charge in [-0.1, -0.05) is 48.5 Å². The molecule has 0 bridgehead atoms. The van der Waals surface area contributed by atoms with Crippen molar-refractivity contribution in [2.24, 2.45) is 0 Å². The van der Waals surface area contributed by atoms with Crippen LogP contribution in [0.3, 0.4) is 0 Å². The van der Waals surface area contributed by atoms with Crippen LogP contribution in [0, 0.1) is 0 Å². The summed E-state index contributed by atoms with van der Waals surface area (Å²) < 4.78 is 5.42. The van der Waals surface area contributed by atoms with Crippen molar-refractivity contribution in [1.82, 2.24) is 9.97 Å². The minimum atomic E-state index is 0. The molecule has 29 heavy (non-hydrogen) atoms. The molecule has 0 aliphatic heterocycles. The second-order valence-electron chi connectivity index (χ2n) is 6.50. The first kappa shape index (κ1) is 18.8. The molecule has 5 nitrogen and oxygen atoms in total. The van der Waals surface area contributed by atoms with Crippen LogP contribution in [0.4, 0.5) is 17.5 Å². The van der Waals surface area contributed by atoms with E-state index in [0.29, 0.717) is 12.5 Å². The van der Waals surface area contributed by atoms with Crippen LogP contribution in [0.2, 0.25) is 0 Å². The van der Waals surface area contributed by atoms with E-state index in [0.717, 1.165) is 33.6 Å². The quantitative estimate of drug-likeness (QED) is 0.369. The zero-order valence-corrected chi connectivity index (χ0v) is 16.3. The predicted molar refractivity (Wildman–Crippen MR) is 120 cm³/mol. The van der Waals surface area contributed by atoms with Gasteiger partial charge in [0.15, 0.2) is 0 Å². The Morgan fingerprint density at radius 1 is 0.759 bits per heavy atom. The van der Waals surface area contributed by atoms with E-state index in [-0.39, 0.29) is 12.4 Å². The van der Waals surface area contributed by atoms with E-state index in [1.807, 2.05) is 60.7 Å². The third-order valence-electron chi connectivity index (χ3n) is 4.65. The van der Waals surface area contributed by atoms with Gasteiger partial charge in [-0.15, -0.1) is 12.4 Å². The van der Waals surface area contributed by atoms with E-state index in [2.05, 4.69) is 28.8 Å². The van der Waals surface area contributed by atoms with Crippen LogP contribution in [0.5, 0.6) is 0 Å². The smallest absolute Gasteiger partial charge is 0.229 e. The number of halogens is 1. The number of para-hydroxylation sites is 1. The maximum Gasteiger partial charge on any atom is 0.229 e. The zero-order valence-electron chi connectivity index (χ0n) is 15.5. The van der Waals surface area contributed by atoms with Gasteiger partial charge in [-0.2, -0.15) is 4.98 Å². The van der Waals surface area contributed by atoms with Crippen LogP contribution in [-0.2, 0) is 6.54 Å². The van der Waals surface area contributed by atoms with Gasteiger partial charge in [0.1, 0.15) is 11.6 Å². The fourth-order valence-electron chi connectivity index (χ4n) is 3.31. The molecule has 0 amide bonds. The molecule has 2 N–H and O–H groups in total. The molecule has 0 fully saturated rings. The third kappa shape index (κ3) is 3.86. The minimum absolute atomic E-state index is 0. The molecular formula is C23H19ClN4O. The highest BCUT2D eigenvalue weighted by molar-refractivity contribution is 5.96. The van der Waals surface area contributed by atoms with E-state index in [4.69, 9.17) is 14.4 Å². The highest BCUT2D eigenvalue weighted by Gasteiger charge is 2.09. The fraction of sp³-hybridized carbons (Fsp3) is 0.0435. The third-order valence-corrected chi connectivity index (χ3v) is 4.65. The van der Waals surface area contributed by atoms with Crippen molar-refractivity contribution in [2.75, 3.05) is 10.6 Å². The summed E-state index contributed by atoms with van der Waals surface area (Å²) in [5, 5.41) is 10.0. The summed E-state index contributed by atoms with van der Waals surface area (Å²) in [5.74, 6) is 2.17. The average molecular weight is 403 g/mol. The molecule has 2 heterocycles. The summed E-state index contributed by atoms with van der Waals surface area (Å²) >= 11 is 0. The normalized spacial score (nSPS) is 10.6. The summed E-state index contributed by atoms with van der Waals surface area (Å²) in [4.78, 5) is 9.42. The zero-order chi connectivity index (χ0) is 18.8. The number of nitrogens with zero attached hydrogens (tertiary/aromatic N) is 2. The van der Waals surface area contributed by atoms with Crippen LogP contribution >= 0.6 is 12.4 Å². The van der Waals surface area contributed by atoms with Crippen molar-refractivity contribution < 1.29 is 4.42 Å². The Morgan fingerprint density at radius 3 is 2.41 bits per heavy atom. The fourth-order valence-corrected chi connectivity index (χ4v) is 3.31. The van der Waals surface area contributed by atoms with Crippen molar-refractivity contribution >= 4 is 51.5 Å². The van der Waals surface area contributed by atoms with Gasteiger partial charge >= 0.3 is 0 Å². The molecule has 0 aliphatic rings. The first-order valence-electron chi connectivity index (χ1n) is 9.15. The van der Waals surface area contributed by atoms with E-state index in [1.54, 1.807) is 6.26 Å². The van der Waals surface area contributed by atoms with Crippen molar-refractivity contribution in [3.05, 3.63) is 90.9 Å². The van der Waals surface area contributed by atoms with Gasteiger partial charge in [-0.25, -0.2) is 4.98 Å². The molecule has 6 heteroatoms. The Morgan fingerprint density at radius 2 is 1.55 bits per heavy atom. The summed E-state index contributed by atoms with van der Waals surface area (Å²) in [6.45, 7) is 0.557. The Labute approximate surface area is 174 Å². The van der Waals surface area contributed by atoms with Crippen molar-refractivity contribution in [1.29, 1.82) is 0 Å². The lowest BCUT2D eigenvalue weighted by Gasteiger charge is -2.12. The standard InChI is InChI=1S/C23H18N4O.ClH/c1-2-10-18-16(7-1)8-5-13-20(18)25-23-26-21-12-4-3-11-19(21)22(27-23)24-15-17-9-6-14-28-17;/h1-14H,15H2,(H2,24,25,26,27);1H. The summed E-state index contributed by atoms with van der Waals surface area (Å²) in [6.07, 6.45) is 1.67. The Bertz CT molecular complexity index is 1250. The van der Waals surface area contributed by atoms with E-state index < -0.39 is 0 Å². The van der Waals surface area contributed by atoms with Crippen LogP contribution in [0.15, 0.2) is 89.5 Å². The molecule has 0 radical (unpaired) electrons. The topological polar surface area (TPSA) is 63.0 Å². The summed E-state index contributed by atoms with van der Waals surface area (Å²) in [7, 11) is 0. The number of anilines is 3. The molecule has 3 aromatic carbocycles. The number of rotatable bonds is 5. The second-order valence-corrected chi connectivity index (χ2v) is 6.50. The summed E-state index contributed by atoms with van der Waals surface area (Å²) in [6, 6.07) is 26.2. The largest absolute Gasteiger partial charge is 0.467 e. The van der Waals surface area contributed by atoms with Gasteiger partial charge in [0, 0.05) is 16.5 Å². The average Bonchev–Trinajstić information content (AvgIpc) is 3.26. The Kier molecular flexibility index (Phi) is 5.31. The number of fused-ring (bicyclic) bond motifs is 2. The molecule has 0 atom stereocenters. The lowest BCUT2D eigenvalue weighted by Crippen LogP contribution is -2.05. The molecule has 0 saturated heterocycles. The lowest BCUT2D eigenvalue weighted by atomic mass is 10.1. The monoisotopic (exact) mass is 402 g/mol.